The van der Waals surface area contributed by atoms with Crippen molar-refractivity contribution in [3.8, 4) is 28.1 Å². The lowest BCUT2D eigenvalue weighted by Gasteiger charge is -2.20. The molecule has 0 saturated carbocycles. The van der Waals surface area contributed by atoms with Crippen LogP contribution < -0.4 is 10.1 Å². The molecule has 1 aliphatic rings. The van der Waals surface area contributed by atoms with Gasteiger partial charge in [-0.15, -0.1) is 0 Å². The number of aromatic nitrogens is 2. The Morgan fingerprint density at radius 2 is 1.73 bits per heavy atom. The van der Waals surface area contributed by atoms with E-state index in [-0.39, 0.29) is 0 Å². The highest BCUT2D eigenvalue weighted by Gasteiger charge is 2.30. The first kappa shape index (κ1) is 28.7. The fraction of sp³-hybridized carbons (Fsp3) is 0.400. The molecule has 10 nitrogen and oxygen atoms in total. The van der Waals surface area contributed by atoms with Gasteiger partial charge < -0.3 is 24.3 Å². The third-order valence-electron chi connectivity index (χ3n) is 6.56. The Balaban J connectivity index is 1.68. The van der Waals surface area contributed by atoms with Gasteiger partial charge in [0.1, 0.15) is 17.0 Å². The zero-order chi connectivity index (χ0) is 29.0. The molecule has 4 rings (SSSR count). The second-order valence-corrected chi connectivity index (χ2v) is 10.5. The average Bonchev–Trinajstić information content (AvgIpc) is 3.31. The smallest absolute Gasteiger partial charge is 0.407 e. The van der Waals surface area contributed by atoms with Gasteiger partial charge in [-0.2, -0.15) is 5.10 Å². The standard InChI is InChI=1S/C30H35N3O7/c1-30(2,3)40-29(36)31-13-8-14-33-26(28(35)39-6)21-12-11-19-16-24(37-4)22(17-23(19)25(21)32-33)18-9-7-10-20(15-18)27(34)38-5/h7,9-10,15-17H,8,11-14H2,1-6H3,(H,31,36). The van der Waals surface area contributed by atoms with Crippen LogP contribution in [0, 0.1) is 0 Å². The van der Waals surface area contributed by atoms with Gasteiger partial charge in [-0.1, -0.05) is 12.1 Å². The summed E-state index contributed by atoms with van der Waals surface area (Å²) in [6, 6.07) is 11.1. The number of rotatable bonds is 8. The molecule has 3 aromatic rings. The Morgan fingerprint density at radius 1 is 0.975 bits per heavy atom. The lowest BCUT2D eigenvalue weighted by Crippen LogP contribution is -2.33. The van der Waals surface area contributed by atoms with Gasteiger partial charge in [-0.05, 0) is 75.4 Å². The Hall–Kier alpha value is -4.34. The van der Waals surface area contributed by atoms with Gasteiger partial charge >= 0.3 is 18.0 Å². The van der Waals surface area contributed by atoms with E-state index in [1.54, 1.807) is 50.8 Å². The number of benzene rings is 2. The van der Waals surface area contributed by atoms with Gasteiger partial charge in [0.15, 0.2) is 0 Å². The second kappa shape index (κ2) is 11.8. The number of nitrogens with one attached hydrogen (secondary N) is 1. The molecule has 1 heterocycles. The van der Waals surface area contributed by atoms with Crippen molar-refractivity contribution in [2.75, 3.05) is 27.9 Å². The summed E-state index contributed by atoms with van der Waals surface area (Å²) in [5.41, 5.74) is 5.28. The van der Waals surface area contributed by atoms with Crippen LogP contribution >= 0.6 is 0 Å². The van der Waals surface area contributed by atoms with Crippen LogP contribution in [-0.2, 0) is 33.6 Å². The van der Waals surface area contributed by atoms with E-state index >= 15 is 0 Å². The van der Waals surface area contributed by atoms with Crippen molar-refractivity contribution < 1.29 is 33.3 Å². The van der Waals surface area contributed by atoms with Crippen molar-refractivity contribution in [2.24, 2.45) is 0 Å². The van der Waals surface area contributed by atoms with Crippen molar-refractivity contribution >= 4 is 18.0 Å². The Labute approximate surface area is 233 Å². The van der Waals surface area contributed by atoms with Gasteiger partial charge in [0, 0.05) is 29.8 Å². The van der Waals surface area contributed by atoms with Crippen LogP contribution in [0.3, 0.4) is 0 Å². The molecule has 1 amide bonds. The molecule has 212 valence electrons. The molecule has 0 atom stereocenters. The lowest BCUT2D eigenvalue weighted by atomic mass is 9.86. The van der Waals surface area contributed by atoms with Crippen molar-refractivity contribution in [3.05, 3.63) is 58.8 Å². The summed E-state index contributed by atoms with van der Waals surface area (Å²) in [6.45, 7) is 6.16. The highest BCUT2D eigenvalue weighted by Crippen LogP contribution is 2.42. The molecule has 10 heteroatoms. The zero-order valence-corrected chi connectivity index (χ0v) is 23.8. The summed E-state index contributed by atoms with van der Waals surface area (Å²) in [5, 5.41) is 7.58. The topological polar surface area (TPSA) is 118 Å². The molecule has 1 aromatic heterocycles. The SMILES string of the molecule is COC(=O)c1cccc(-c2cc3c(cc2OC)CCc2c-3nn(CCCNC(=O)OC(C)(C)C)c2C(=O)OC)c1. The van der Waals surface area contributed by atoms with Crippen LogP contribution in [0.2, 0.25) is 0 Å². The Morgan fingerprint density at radius 3 is 2.40 bits per heavy atom. The number of hydrogen-bond donors (Lipinski definition) is 1. The molecule has 0 spiro atoms. The Kier molecular flexibility index (Phi) is 8.46. The first-order chi connectivity index (χ1) is 19.1. The van der Waals surface area contributed by atoms with Crippen LogP contribution in [-0.4, -0.2) is 61.3 Å². The van der Waals surface area contributed by atoms with Crippen LogP contribution in [0.25, 0.3) is 22.4 Å². The van der Waals surface area contributed by atoms with Gasteiger partial charge in [-0.3, -0.25) is 4.68 Å². The number of carbonyl (C=O) groups excluding carboxylic acids is 3. The summed E-state index contributed by atoms with van der Waals surface area (Å²) in [5.74, 6) is -0.217. The summed E-state index contributed by atoms with van der Waals surface area (Å²) < 4.78 is 22.7. The molecule has 2 aromatic carbocycles. The number of aryl methyl sites for hydroxylation is 2. The molecule has 1 aliphatic carbocycles. The van der Waals surface area contributed by atoms with E-state index in [2.05, 4.69) is 5.32 Å². The van der Waals surface area contributed by atoms with Crippen LogP contribution in [0.15, 0.2) is 36.4 Å². The number of amides is 1. The predicted octanol–water partition coefficient (Wildman–Crippen LogP) is 4.81. The monoisotopic (exact) mass is 549 g/mol. The third kappa shape index (κ3) is 6.11. The van der Waals surface area contributed by atoms with Gasteiger partial charge in [-0.25, -0.2) is 14.4 Å². The van der Waals surface area contributed by atoms with Crippen molar-refractivity contribution in [1.29, 1.82) is 0 Å². The number of fused-ring (bicyclic) bond motifs is 3. The van der Waals surface area contributed by atoms with Crippen molar-refractivity contribution in [2.45, 2.75) is 52.2 Å². The highest BCUT2D eigenvalue weighted by molar-refractivity contribution is 5.94. The number of carbonyl (C=O) groups is 3. The molecule has 40 heavy (non-hydrogen) atoms. The molecular formula is C30H35N3O7. The van der Waals surface area contributed by atoms with E-state index in [0.717, 1.165) is 27.8 Å². The summed E-state index contributed by atoms with van der Waals surface area (Å²) in [6.07, 6.45) is 1.35. The Bertz CT molecular complexity index is 1440. The zero-order valence-electron chi connectivity index (χ0n) is 23.8. The predicted molar refractivity (Wildman–Crippen MR) is 149 cm³/mol. The molecular weight excluding hydrogens is 514 g/mol. The van der Waals surface area contributed by atoms with E-state index in [4.69, 9.17) is 24.0 Å². The molecule has 0 aliphatic heterocycles. The normalized spacial score (nSPS) is 12.2. The summed E-state index contributed by atoms with van der Waals surface area (Å²) in [7, 11) is 4.31. The molecule has 0 saturated heterocycles. The number of ether oxygens (including phenoxy) is 4. The van der Waals surface area contributed by atoms with E-state index in [1.165, 1.54) is 14.2 Å². The molecule has 0 bridgehead atoms. The molecule has 0 radical (unpaired) electrons. The fourth-order valence-electron chi connectivity index (χ4n) is 4.81. The molecule has 0 fully saturated rings. The van der Waals surface area contributed by atoms with E-state index in [0.29, 0.717) is 55.1 Å². The first-order valence-corrected chi connectivity index (χ1v) is 13.1. The lowest BCUT2D eigenvalue weighted by molar-refractivity contribution is 0.0521. The van der Waals surface area contributed by atoms with Crippen molar-refractivity contribution in [1.82, 2.24) is 15.1 Å². The summed E-state index contributed by atoms with van der Waals surface area (Å²) >= 11 is 0. The third-order valence-corrected chi connectivity index (χ3v) is 6.56. The maximum atomic E-state index is 12.9. The summed E-state index contributed by atoms with van der Waals surface area (Å²) in [4.78, 5) is 37.0. The van der Waals surface area contributed by atoms with Crippen molar-refractivity contribution in [3.63, 3.8) is 0 Å². The molecule has 1 N–H and O–H groups in total. The number of methoxy groups -OCH3 is 3. The maximum absolute atomic E-state index is 12.9. The minimum Gasteiger partial charge on any atom is -0.496 e. The van der Waals surface area contributed by atoms with Crippen LogP contribution in [0.5, 0.6) is 5.75 Å². The number of hydrogen-bond acceptors (Lipinski definition) is 8. The molecule has 0 unspecified atom stereocenters. The second-order valence-electron chi connectivity index (χ2n) is 10.5. The minimum atomic E-state index is -0.585. The highest BCUT2D eigenvalue weighted by atomic mass is 16.6. The van der Waals surface area contributed by atoms with E-state index in [9.17, 15) is 14.4 Å². The number of nitrogens with zero attached hydrogens (tertiary/aromatic N) is 2. The van der Waals surface area contributed by atoms with Crippen LogP contribution in [0.4, 0.5) is 4.79 Å². The van der Waals surface area contributed by atoms with Gasteiger partial charge in [0.05, 0.1) is 32.6 Å². The minimum absolute atomic E-state index is 0.356. The average molecular weight is 550 g/mol. The number of esters is 2. The van der Waals surface area contributed by atoms with Crippen LogP contribution in [0.1, 0.15) is 59.2 Å². The number of alkyl carbamates (subject to hydrolysis) is 1. The quantitative estimate of drug-likeness (QED) is 0.242. The largest absolute Gasteiger partial charge is 0.496 e. The van der Waals surface area contributed by atoms with E-state index in [1.807, 2.05) is 18.2 Å². The first-order valence-electron chi connectivity index (χ1n) is 13.1. The fourth-order valence-corrected chi connectivity index (χ4v) is 4.81. The van der Waals surface area contributed by atoms with E-state index < -0.39 is 23.6 Å². The van der Waals surface area contributed by atoms with Gasteiger partial charge in [0.2, 0.25) is 0 Å². The van der Waals surface area contributed by atoms with Gasteiger partial charge in [0.25, 0.3) is 0 Å². The maximum Gasteiger partial charge on any atom is 0.407 e.